The molecule has 1 aliphatic heterocycles. The topological polar surface area (TPSA) is 23.6 Å². The monoisotopic (exact) mass is 352 g/mol. The van der Waals surface area contributed by atoms with Crippen LogP contribution in [0.2, 0.25) is 0 Å². The summed E-state index contributed by atoms with van der Waals surface area (Å²) in [4.78, 5) is 17.2. The fourth-order valence-corrected chi connectivity index (χ4v) is 4.10. The predicted octanol–water partition coefficient (Wildman–Crippen LogP) is 4.31. The molecular formula is C19H23F3N2O. The van der Waals surface area contributed by atoms with E-state index in [4.69, 9.17) is 0 Å². The molecule has 3 rings (SSSR count). The Labute approximate surface area is 146 Å². The van der Waals surface area contributed by atoms with Gasteiger partial charge in [-0.1, -0.05) is 25.0 Å². The van der Waals surface area contributed by atoms with Crippen LogP contribution < -0.4 is 0 Å². The molecule has 0 amide bonds. The third kappa shape index (κ3) is 3.14. The summed E-state index contributed by atoms with van der Waals surface area (Å²) >= 11 is 0. The molecule has 1 heterocycles. The molecule has 0 spiro atoms. The Kier molecular flexibility index (Phi) is 4.56. The van der Waals surface area contributed by atoms with Crippen molar-refractivity contribution in [1.82, 2.24) is 9.80 Å². The number of likely N-dealkylation sites (N-methyl/N-ethyl adjacent to an activating group) is 2. The van der Waals surface area contributed by atoms with Crippen molar-refractivity contribution in [2.45, 2.75) is 50.9 Å². The van der Waals surface area contributed by atoms with Crippen molar-refractivity contribution in [2.24, 2.45) is 0 Å². The van der Waals surface area contributed by atoms with Crippen molar-refractivity contribution >= 4 is 5.78 Å². The third-order valence-corrected chi connectivity index (χ3v) is 5.60. The molecule has 25 heavy (non-hydrogen) atoms. The standard InChI is InChI=1S/C19H23F3N2O/c1-12-17(24(3)16-7-5-4-6-15(16)23(12)2)18(25)13-8-10-14(11-9-13)19(20,21)22/h8-11,15-16H,4-7H2,1-3H3/t15-,16+/m0/s1. The van der Waals surface area contributed by atoms with Crippen molar-refractivity contribution in [3.8, 4) is 0 Å². The number of alkyl halides is 3. The summed E-state index contributed by atoms with van der Waals surface area (Å²) in [7, 11) is 3.93. The van der Waals surface area contributed by atoms with Crippen LogP contribution >= 0.6 is 0 Å². The average Bonchev–Trinajstić information content (AvgIpc) is 2.59. The Morgan fingerprint density at radius 2 is 1.52 bits per heavy atom. The first-order valence-electron chi connectivity index (χ1n) is 8.60. The van der Waals surface area contributed by atoms with Gasteiger partial charge in [-0.2, -0.15) is 13.2 Å². The van der Waals surface area contributed by atoms with E-state index in [2.05, 4.69) is 4.90 Å². The minimum atomic E-state index is -4.39. The lowest BCUT2D eigenvalue weighted by Gasteiger charge is -2.50. The van der Waals surface area contributed by atoms with Gasteiger partial charge in [0.15, 0.2) is 0 Å². The van der Waals surface area contributed by atoms with Crippen LogP contribution in [0.25, 0.3) is 0 Å². The van der Waals surface area contributed by atoms with Gasteiger partial charge in [0.25, 0.3) is 0 Å². The molecule has 1 aromatic carbocycles. The van der Waals surface area contributed by atoms with Gasteiger partial charge in [-0.25, -0.2) is 0 Å². The van der Waals surface area contributed by atoms with Crippen LogP contribution in [0.15, 0.2) is 35.7 Å². The Bertz CT molecular complexity index is 694. The highest BCUT2D eigenvalue weighted by atomic mass is 19.4. The van der Waals surface area contributed by atoms with Crippen LogP contribution in [0.3, 0.4) is 0 Å². The van der Waals surface area contributed by atoms with E-state index in [0.29, 0.717) is 11.7 Å². The van der Waals surface area contributed by atoms with E-state index >= 15 is 0 Å². The number of carbonyl (C=O) groups is 1. The van der Waals surface area contributed by atoms with Crippen molar-refractivity contribution < 1.29 is 18.0 Å². The first-order chi connectivity index (χ1) is 11.7. The number of halogens is 3. The van der Waals surface area contributed by atoms with E-state index < -0.39 is 11.7 Å². The van der Waals surface area contributed by atoms with Gasteiger partial charge in [-0.15, -0.1) is 0 Å². The number of nitrogens with zero attached hydrogens (tertiary/aromatic N) is 2. The molecule has 2 aliphatic rings. The normalized spacial score (nSPS) is 24.4. The molecule has 6 heteroatoms. The number of fused-ring (bicyclic) bond motifs is 1. The lowest BCUT2D eigenvalue weighted by molar-refractivity contribution is -0.137. The number of carbonyl (C=O) groups excluding carboxylic acids is 1. The molecule has 1 fully saturated rings. The number of Topliss-reactive ketones (excluding diaryl/α,β-unsaturated/α-hetero) is 1. The second-order valence-corrected chi connectivity index (χ2v) is 6.98. The number of hydrogen-bond acceptors (Lipinski definition) is 3. The van der Waals surface area contributed by atoms with E-state index in [1.165, 1.54) is 18.6 Å². The molecule has 0 aromatic heterocycles. The lowest BCUT2D eigenvalue weighted by atomic mass is 9.85. The maximum absolute atomic E-state index is 13.0. The van der Waals surface area contributed by atoms with Gasteiger partial charge in [-0.05, 0) is 31.9 Å². The molecule has 0 unspecified atom stereocenters. The second-order valence-electron chi connectivity index (χ2n) is 6.98. The van der Waals surface area contributed by atoms with Crippen LogP contribution in [0.1, 0.15) is 48.5 Å². The van der Waals surface area contributed by atoms with Gasteiger partial charge in [0, 0.05) is 37.4 Å². The van der Waals surface area contributed by atoms with Gasteiger partial charge in [0.05, 0.1) is 5.56 Å². The summed E-state index contributed by atoms with van der Waals surface area (Å²) in [5.41, 5.74) is 1.02. The Balaban J connectivity index is 1.93. The summed E-state index contributed by atoms with van der Waals surface area (Å²) in [6, 6.07) is 5.15. The summed E-state index contributed by atoms with van der Waals surface area (Å²) in [5.74, 6) is -0.218. The molecule has 0 radical (unpaired) electrons. The predicted molar refractivity (Wildman–Crippen MR) is 90.0 cm³/mol. The Hall–Kier alpha value is -1.98. The van der Waals surface area contributed by atoms with Crippen LogP contribution in [0.5, 0.6) is 0 Å². The fourth-order valence-electron chi connectivity index (χ4n) is 4.10. The minimum absolute atomic E-state index is 0.218. The summed E-state index contributed by atoms with van der Waals surface area (Å²) in [6.45, 7) is 1.92. The molecule has 2 atom stereocenters. The van der Waals surface area contributed by atoms with Crippen molar-refractivity contribution in [1.29, 1.82) is 0 Å². The molecule has 0 saturated heterocycles. The first kappa shape index (κ1) is 17.8. The van der Waals surface area contributed by atoms with E-state index in [1.54, 1.807) is 0 Å². The summed E-state index contributed by atoms with van der Waals surface area (Å²) < 4.78 is 38.2. The summed E-state index contributed by atoms with van der Waals surface area (Å²) in [6.07, 6.45) is 0.0655. The van der Waals surface area contributed by atoms with Crippen LogP contribution in [-0.2, 0) is 6.18 Å². The fraction of sp³-hybridized carbons (Fsp3) is 0.526. The highest BCUT2D eigenvalue weighted by molar-refractivity contribution is 6.08. The van der Waals surface area contributed by atoms with E-state index in [0.717, 1.165) is 37.1 Å². The molecule has 136 valence electrons. The van der Waals surface area contributed by atoms with E-state index in [-0.39, 0.29) is 17.4 Å². The van der Waals surface area contributed by atoms with Crippen LogP contribution in [-0.4, -0.2) is 41.8 Å². The highest BCUT2D eigenvalue weighted by Gasteiger charge is 2.39. The summed E-state index contributed by atoms with van der Waals surface area (Å²) in [5, 5.41) is 0. The molecule has 0 N–H and O–H groups in total. The maximum Gasteiger partial charge on any atom is 0.416 e. The number of rotatable bonds is 2. The zero-order chi connectivity index (χ0) is 18.4. The molecule has 3 nitrogen and oxygen atoms in total. The zero-order valence-electron chi connectivity index (χ0n) is 14.7. The molecule has 1 saturated carbocycles. The Morgan fingerprint density at radius 1 is 1.00 bits per heavy atom. The molecule has 1 aliphatic carbocycles. The molecule has 1 aromatic rings. The number of allylic oxidation sites excluding steroid dienone is 2. The SMILES string of the molecule is CC1=C(C(=O)c2ccc(C(F)(F)F)cc2)N(C)[C@@H]2CCCC[C@@H]2N1C. The quantitative estimate of drug-likeness (QED) is 0.741. The van der Waals surface area contributed by atoms with Gasteiger partial charge in [0.2, 0.25) is 5.78 Å². The number of benzene rings is 1. The average molecular weight is 352 g/mol. The zero-order valence-corrected chi connectivity index (χ0v) is 14.7. The Morgan fingerprint density at radius 3 is 2.04 bits per heavy atom. The van der Waals surface area contributed by atoms with Crippen LogP contribution in [0.4, 0.5) is 13.2 Å². The number of ketones is 1. The highest BCUT2D eigenvalue weighted by Crippen LogP contribution is 2.36. The molecular weight excluding hydrogens is 329 g/mol. The van der Waals surface area contributed by atoms with Crippen LogP contribution in [0, 0.1) is 0 Å². The van der Waals surface area contributed by atoms with E-state index in [9.17, 15) is 18.0 Å². The first-order valence-corrected chi connectivity index (χ1v) is 8.60. The maximum atomic E-state index is 13.0. The number of hydrogen-bond donors (Lipinski definition) is 0. The van der Waals surface area contributed by atoms with Gasteiger partial charge < -0.3 is 9.80 Å². The van der Waals surface area contributed by atoms with Crippen molar-refractivity contribution in [3.05, 3.63) is 46.8 Å². The van der Waals surface area contributed by atoms with E-state index in [1.807, 2.05) is 25.9 Å². The largest absolute Gasteiger partial charge is 0.416 e. The second kappa shape index (κ2) is 6.39. The van der Waals surface area contributed by atoms with Crippen molar-refractivity contribution in [2.75, 3.05) is 14.1 Å². The molecule has 0 bridgehead atoms. The smallest absolute Gasteiger partial charge is 0.371 e. The van der Waals surface area contributed by atoms with Gasteiger partial charge in [-0.3, -0.25) is 4.79 Å². The van der Waals surface area contributed by atoms with Gasteiger partial charge >= 0.3 is 6.18 Å². The van der Waals surface area contributed by atoms with Gasteiger partial charge in [0.1, 0.15) is 5.70 Å². The minimum Gasteiger partial charge on any atom is -0.371 e. The van der Waals surface area contributed by atoms with Crippen molar-refractivity contribution in [3.63, 3.8) is 0 Å². The lowest BCUT2D eigenvalue weighted by Crippen LogP contribution is -2.55. The third-order valence-electron chi connectivity index (χ3n) is 5.60.